The molecule has 4 aromatic heterocycles. The van der Waals surface area contributed by atoms with Crippen LogP contribution in [0, 0.1) is 48.5 Å². The van der Waals surface area contributed by atoms with E-state index in [1.54, 1.807) is 6.20 Å². The summed E-state index contributed by atoms with van der Waals surface area (Å²) in [7, 11) is 0. The number of hydrogen-bond acceptors (Lipinski definition) is 4. The van der Waals surface area contributed by atoms with E-state index in [1.165, 1.54) is 106 Å². The topological polar surface area (TPSA) is 51.6 Å². The molecule has 0 saturated heterocycles. The van der Waals surface area contributed by atoms with Gasteiger partial charge in [0.05, 0.1) is 11.4 Å². The molecule has 448 valence electrons. The molecule has 0 radical (unpaired) electrons. The molecule has 0 atom stereocenters. The van der Waals surface area contributed by atoms with E-state index in [0.29, 0.717) is 0 Å². The maximum absolute atomic E-state index is 4.29. The van der Waals surface area contributed by atoms with Crippen molar-refractivity contribution >= 4 is 0 Å². The van der Waals surface area contributed by atoms with Crippen LogP contribution in [0.15, 0.2) is 359 Å². The summed E-state index contributed by atoms with van der Waals surface area (Å²) in [6.07, 6.45) is 10.9. The van der Waals surface area contributed by atoms with E-state index in [9.17, 15) is 0 Å². The fourth-order valence-electron chi connectivity index (χ4n) is 9.51. The molecule has 0 aliphatic heterocycles. The van der Waals surface area contributed by atoms with Gasteiger partial charge in [0.25, 0.3) is 0 Å². The summed E-state index contributed by atoms with van der Waals surface area (Å²) >= 11 is 0. The third-order valence-electron chi connectivity index (χ3n) is 14.6. The molecule has 10 aromatic carbocycles. The molecule has 14 rings (SSSR count). The van der Waals surface area contributed by atoms with Crippen LogP contribution in [0.25, 0.3) is 78.1 Å². The molecule has 0 aliphatic rings. The first-order valence-electron chi connectivity index (χ1n) is 30.8. The van der Waals surface area contributed by atoms with Crippen molar-refractivity contribution in [3.63, 3.8) is 0 Å². The van der Waals surface area contributed by atoms with Gasteiger partial charge in [-0.3, -0.25) is 19.9 Å². The molecule has 4 heterocycles. The molecule has 91 heavy (non-hydrogen) atoms. The van der Waals surface area contributed by atoms with Gasteiger partial charge in [0.1, 0.15) is 0 Å². The van der Waals surface area contributed by atoms with Gasteiger partial charge in [-0.15, -0.1) is 0 Å². The molecule has 14 aromatic rings. The van der Waals surface area contributed by atoms with Crippen LogP contribution in [0.3, 0.4) is 0 Å². The van der Waals surface area contributed by atoms with Crippen molar-refractivity contribution in [1.29, 1.82) is 0 Å². The summed E-state index contributed by atoms with van der Waals surface area (Å²) < 4.78 is 0. The van der Waals surface area contributed by atoms with Gasteiger partial charge in [-0.05, 0) is 158 Å². The lowest BCUT2D eigenvalue weighted by molar-refractivity contribution is 1.32. The Bertz CT molecular complexity index is 3860. The number of rotatable bonds is 7. The Hall–Kier alpha value is -11.2. The number of hydrogen-bond donors (Lipinski definition) is 0. The number of nitrogens with zero attached hydrogens (tertiary/aromatic N) is 4. The molecule has 0 bridgehead atoms. The minimum Gasteiger partial charge on any atom is -0.265 e. The molecule has 4 nitrogen and oxygen atoms in total. The summed E-state index contributed by atoms with van der Waals surface area (Å²) in [5.41, 5.74) is 26.1. The van der Waals surface area contributed by atoms with E-state index in [-0.39, 0.29) is 0 Å². The first-order chi connectivity index (χ1) is 44.5. The largest absolute Gasteiger partial charge is 0.265 e. The van der Waals surface area contributed by atoms with Gasteiger partial charge < -0.3 is 0 Å². The Kier molecular flexibility index (Phi) is 26.2. The standard InChI is InChI=1S/3C13H12.4C12H11N/c1-11-7-5-6-10-13(11)12-8-3-2-4-9-12;1-11-6-5-9-13(10-11)12-7-3-2-4-8-12;1-11-7-9-13(10-8-11)12-5-3-2-4-6-12;1-10-2-4-11(5-3-10)12-6-8-13-9-7-12;1-10-4-6-11(7-5-10)12-3-2-8-13-9-12;1-10-5-4-6-11(9-10)12-7-2-3-8-13-12;1-10-5-7-11(8-6-10)12-4-2-3-9-13-12/h3*2-10H,1H3;4*2-9H,1H3. The van der Waals surface area contributed by atoms with Crippen molar-refractivity contribution < 1.29 is 0 Å². The smallest absolute Gasteiger partial charge is 0.0702 e. The average molecular weight is 1180 g/mol. The van der Waals surface area contributed by atoms with Crippen molar-refractivity contribution in [2.75, 3.05) is 0 Å². The van der Waals surface area contributed by atoms with Crippen LogP contribution in [0.2, 0.25) is 0 Å². The number of aryl methyl sites for hydroxylation is 7. The lowest BCUT2D eigenvalue weighted by Crippen LogP contribution is -1.81. The highest BCUT2D eigenvalue weighted by Crippen LogP contribution is 2.25. The third-order valence-corrected chi connectivity index (χ3v) is 14.6. The average Bonchev–Trinajstić information content (AvgIpc) is 3.76. The van der Waals surface area contributed by atoms with Crippen LogP contribution in [0.4, 0.5) is 0 Å². The molecular formula is C87H80N4. The van der Waals surface area contributed by atoms with Crippen LogP contribution in [-0.2, 0) is 0 Å². The number of pyridine rings is 4. The summed E-state index contributed by atoms with van der Waals surface area (Å²) in [4.78, 5) is 16.6. The normalized spacial score (nSPS) is 9.92. The zero-order valence-electron chi connectivity index (χ0n) is 53.4. The second-order valence-electron chi connectivity index (χ2n) is 22.0. The number of aromatic nitrogens is 4. The van der Waals surface area contributed by atoms with Crippen LogP contribution >= 0.6 is 0 Å². The number of benzene rings is 10. The SMILES string of the molecule is Cc1ccc(-c2ccccc2)cc1.Cc1ccc(-c2ccccn2)cc1.Cc1ccc(-c2cccnc2)cc1.Cc1ccc(-c2ccncc2)cc1.Cc1cccc(-c2ccccc2)c1.Cc1cccc(-c2ccccn2)c1.Cc1ccccc1-c1ccccc1. The Balaban J connectivity index is 0.000000137. The van der Waals surface area contributed by atoms with E-state index in [0.717, 1.165) is 11.4 Å². The van der Waals surface area contributed by atoms with E-state index in [1.807, 2.05) is 104 Å². The zero-order valence-corrected chi connectivity index (χ0v) is 53.4. The van der Waals surface area contributed by atoms with Gasteiger partial charge >= 0.3 is 0 Å². The summed E-state index contributed by atoms with van der Waals surface area (Å²) in [5, 5.41) is 0. The fourth-order valence-corrected chi connectivity index (χ4v) is 9.51. The lowest BCUT2D eigenvalue weighted by Gasteiger charge is -2.04. The van der Waals surface area contributed by atoms with Gasteiger partial charge in [-0.25, -0.2) is 0 Å². The van der Waals surface area contributed by atoms with Crippen molar-refractivity contribution in [3.8, 4) is 78.1 Å². The molecule has 0 saturated carbocycles. The van der Waals surface area contributed by atoms with Gasteiger partial charge in [0.2, 0.25) is 0 Å². The predicted octanol–water partition coefficient (Wildman–Crippen LogP) is 23.2. The molecule has 0 fully saturated rings. The van der Waals surface area contributed by atoms with Crippen molar-refractivity contribution in [1.82, 2.24) is 19.9 Å². The van der Waals surface area contributed by atoms with Crippen LogP contribution < -0.4 is 0 Å². The lowest BCUT2D eigenvalue weighted by atomic mass is 10.0. The van der Waals surface area contributed by atoms with Gasteiger partial charge in [-0.2, -0.15) is 0 Å². The molecule has 0 N–H and O–H groups in total. The van der Waals surface area contributed by atoms with Gasteiger partial charge in [-0.1, -0.05) is 306 Å². The summed E-state index contributed by atoms with van der Waals surface area (Å²) in [6, 6.07) is 111. The Labute approximate surface area is 541 Å². The second kappa shape index (κ2) is 36.2. The third kappa shape index (κ3) is 22.5. The minimum absolute atomic E-state index is 1.03. The molecule has 4 heteroatoms. The molecular weight excluding hydrogens is 1100 g/mol. The first kappa shape index (κ1) is 65.8. The highest BCUT2D eigenvalue weighted by molar-refractivity contribution is 5.68. The maximum atomic E-state index is 4.29. The predicted molar refractivity (Wildman–Crippen MR) is 387 cm³/mol. The summed E-state index contributed by atoms with van der Waals surface area (Å²) in [5.74, 6) is 0. The first-order valence-corrected chi connectivity index (χ1v) is 30.8. The van der Waals surface area contributed by atoms with Crippen molar-refractivity contribution in [2.24, 2.45) is 0 Å². The molecule has 0 spiro atoms. The second-order valence-corrected chi connectivity index (χ2v) is 22.0. The minimum atomic E-state index is 1.03. The zero-order chi connectivity index (χ0) is 63.7. The van der Waals surface area contributed by atoms with E-state index >= 15 is 0 Å². The van der Waals surface area contributed by atoms with Crippen LogP contribution in [0.1, 0.15) is 38.9 Å². The van der Waals surface area contributed by atoms with Crippen LogP contribution in [-0.4, -0.2) is 19.9 Å². The Morgan fingerprint density at radius 1 is 0.187 bits per heavy atom. The molecule has 0 aliphatic carbocycles. The highest BCUT2D eigenvalue weighted by atomic mass is 14.7. The molecule has 0 amide bonds. The van der Waals surface area contributed by atoms with Crippen molar-refractivity contribution in [3.05, 3.63) is 398 Å². The quantitative estimate of drug-likeness (QED) is 0.160. The Morgan fingerprint density at radius 3 is 0.978 bits per heavy atom. The monoisotopic (exact) mass is 1180 g/mol. The van der Waals surface area contributed by atoms with Crippen LogP contribution in [0.5, 0.6) is 0 Å². The summed E-state index contributed by atoms with van der Waals surface area (Å²) in [6.45, 7) is 14.7. The Morgan fingerprint density at radius 2 is 0.538 bits per heavy atom. The maximum Gasteiger partial charge on any atom is 0.0702 e. The van der Waals surface area contributed by atoms with Gasteiger partial charge in [0, 0.05) is 48.3 Å². The fraction of sp³-hybridized carbons (Fsp3) is 0.0805. The van der Waals surface area contributed by atoms with Crippen molar-refractivity contribution in [2.45, 2.75) is 48.5 Å². The van der Waals surface area contributed by atoms with Gasteiger partial charge in [0.15, 0.2) is 0 Å². The van der Waals surface area contributed by atoms with E-state index in [4.69, 9.17) is 0 Å². The van der Waals surface area contributed by atoms with E-state index < -0.39 is 0 Å². The molecule has 0 unspecified atom stereocenters. The highest BCUT2D eigenvalue weighted by Gasteiger charge is 2.02. The van der Waals surface area contributed by atoms with E-state index in [2.05, 4.69) is 317 Å².